The fourth-order valence-corrected chi connectivity index (χ4v) is 4.17. The maximum absolute atomic E-state index is 12.5. The molecule has 2 rings (SSSR count). The Labute approximate surface area is 136 Å². The summed E-state index contributed by atoms with van der Waals surface area (Å²) < 4.78 is 37.6. The highest BCUT2D eigenvalue weighted by Gasteiger charge is 2.27. The number of benzene rings is 1. The SMILES string of the molecule is COC(=O)N1CCC(NS(=O)(=O)c2ccc(OC)cc2C)CC1. The van der Waals surface area contributed by atoms with E-state index < -0.39 is 10.0 Å². The van der Waals surface area contributed by atoms with Crippen LogP contribution in [0.25, 0.3) is 0 Å². The first-order chi connectivity index (χ1) is 10.9. The minimum atomic E-state index is -3.60. The van der Waals surface area contributed by atoms with Crippen molar-refractivity contribution in [1.82, 2.24) is 9.62 Å². The van der Waals surface area contributed by atoms with Gasteiger partial charge in [-0.05, 0) is 43.5 Å². The predicted octanol–water partition coefficient (Wildman–Crippen LogP) is 1.51. The van der Waals surface area contributed by atoms with Crippen molar-refractivity contribution in [2.45, 2.75) is 30.7 Å². The van der Waals surface area contributed by atoms with Crippen LogP contribution in [0.15, 0.2) is 23.1 Å². The number of likely N-dealkylation sites (tertiary alicyclic amines) is 1. The van der Waals surface area contributed by atoms with Crippen molar-refractivity contribution in [3.8, 4) is 5.75 Å². The summed E-state index contributed by atoms with van der Waals surface area (Å²) in [7, 11) is -0.724. The van der Waals surface area contributed by atoms with E-state index >= 15 is 0 Å². The van der Waals surface area contributed by atoms with Gasteiger partial charge in [-0.2, -0.15) is 0 Å². The molecular weight excluding hydrogens is 320 g/mol. The first-order valence-corrected chi connectivity index (χ1v) is 8.85. The molecule has 0 aromatic heterocycles. The topological polar surface area (TPSA) is 84.9 Å². The van der Waals surface area contributed by atoms with Gasteiger partial charge in [0.2, 0.25) is 10.0 Å². The Morgan fingerprint density at radius 2 is 1.91 bits per heavy atom. The lowest BCUT2D eigenvalue weighted by molar-refractivity contribution is 0.111. The van der Waals surface area contributed by atoms with Crippen molar-refractivity contribution in [3.63, 3.8) is 0 Å². The predicted molar refractivity (Wildman–Crippen MR) is 85.1 cm³/mol. The third kappa shape index (κ3) is 4.14. The van der Waals surface area contributed by atoms with Crippen molar-refractivity contribution in [2.24, 2.45) is 0 Å². The van der Waals surface area contributed by atoms with Gasteiger partial charge in [0.1, 0.15) is 5.75 Å². The summed E-state index contributed by atoms with van der Waals surface area (Å²) in [6, 6.07) is 4.66. The fourth-order valence-electron chi connectivity index (χ4n) is 2.64. The molecule has 0 spiro atoms. The molecule has 23 heavy (non-hydrogen) atoms. The van der Waals surface area contributed by atoms with Gasteiger partial charge in [0.25, 0.3) is 0 Å². The molecule has 1 N–H and O–H groups in total. The largest absolute Gasteiger partial charge is 0.497 e. The molecule has 0 atom stereocenters. The Morgan fingerprint density at radius 1 is 1.26 bits per heavy atom. The van der Waals surface area contributed by atoms with Crippen LogP contribution in [0.1, 0.15) is 18.4 Å². The van der Waals surface area contributed by atoms with E-state index in [0.29, 0.717) is 37.2 Å². The second-order valence-corrected chi connectivity index (χ2v) is 7.17. The van der Waals surface area contributed by atoms with Crippen molar-refractivity contribution >= 4 is 16.1 Å². The quantitative estimate of drug-likeness (QED) is 0.896. The second-order valence-electron chi connectivity index (χ2n) is 5.48. The Bertz CT molecular complexity index is 666. The number of carbonyl (C=O) groups is 1. The van der Waals surface area contributed by atoms with Crippen LogP contribution in [0, 0.1) is 6.92 Å². The Balaban J connectivity index is 2.04. The number of nitrogens with zero attached hydrogens (tertiary/aromatic N) is 1. The summed E-state index contributed by atoms with van der Waals surface area (Å²) in [6.45, 7) is 2.68. The van der Waals surface area contributed by atoms with E-state index in [1.165, 1.54) is 14.2 Å². The highest BCUT2D eigenvalue weighted by atomic mass is 32.2. The first kappa shape index (κ1) is 17.6. The van der Waals surface area contributed by atoms with Crippen molar-refractivity contribution in [3.05, 3.63) is 23.8 Å². The van der Waals surface area contributed by atoms with Crippen LogP contribution in [-0.4, -0.2) is 52.8 Å². The van der Waals surface area contributed by atoms with Gasteiger partial charge in [0.15, 0.2) is 0 Å². The molecule has 1 aromatic rings. The number of amides is 1. The molecule has 0 unspecified atom stereocenters. The summed E-state index contributed by atoms with van der Waals surface area (Å²) in [6.07, 6.45) is 0.741. The van der Waals surface area contributed by atoms with Gasteiger partial charge in [0.05, 0.1) is 19.1 Å². The molecule has 1 aromatic carbocycles. The van der Waals surface area contributed by atoms with E-state index in [0.717, 1.165) is 0 Å². The molecule has 1 aliphatic rings. The number of aryl methyl sites for hydroxylation is 1. The normalized spacial score (nSPS) is 16.2. The molecule has 0 aliphatic carbocycles. The van der Waals surface area contributed by atoms with E-state index in [1.54, 1.807) is 30.0 Å². The third-order valence-electron chi connectivity index (χ3n) is 3.92. The zero-order valence-corrected chi connectivity index (χ0v) is 14.4. The molecule has 1 heterocycles. The minimum absolute atomic E-state index is 0.192. The van der Waals surface area contributed by atoms with Crippen molar-refractivity contribution in [2.75, 3.05) is 27.3 Å². The lowest BCUT2D eigenvalue weighted by atomic mass is 10.1. The number of rotatable bonds is 4. The van der Waals surface area contributed by atoms with Gasteiger partial charge < -0.3 is 14.4 Å². The Morgan fingerprint density at radius 3 is 2.43 bits per heavy atom. The molecule has 8 heteroatoms. The fraction of sp³-hybridized carbons (Fsp3) is 0.533. The van der Waals surface area contributed by atoms with Crippen LogP contribution in [0.2, 0.25) is 0 Å². The maximum atomic E-state index is 12.5. The molecule has 0 saturated carbocycles. The molecule has 128 valence electrons. The number of sulfonamides is 1. The highest BCUT2D eigenvalue weighted by Crippen LogP contribution is 2.22. The van der Waals surface area contributed by atoms with Crippen LogP contribution in [-0.2, 0) is 14.8 Å². The average molecular weight is 342 g/mol. The molecule has 1 aliphatic heterocycles. The van der Waals surface area contributed by atoms with E-state index in [9.17, 15) is 13.2 Å². The summed E-state index contributed by atoms with van der Waals surface area (Å²) in [5, 5.41) is 0. The maximum Gasteiger partial charge on any atom is 0.409 e. The molecule has 7 nitrogen and oxygen atoms in total. The number of hydrogen-bond donors (Lipinski definition) is 1. The van der Waals surface area contributed by atoms with Crippen LogP contribution in [0.3, 0.4) is 0 Å². The second kappa shape index (κ2) is 7.18. The van der Waals surface area contributed by atoms with E-state index in [-0.39, 0.29) is 17.0 Å². The molecule has 1 fully saturated rings. The number of piperidine rings is 1. The summed E-state index contributed by atoms with van der Waals surface area (Å²) in [4.78, 5) is 13.3. The van der Waals surface area contributed by atoms with Crippen molar-refractivity contribution < 1.29 is 22.7 Å². The average Bonchev–Trinajstić information content (AvgIpc) is 2.54. The molecule has 1 amide bonds. The first-order valence-electron chi connectivity index (χ1n) is 7.37. The molecule has 0 radical (unpaired) electrons. The number of ether oxygens (including phenoxy) is 2. The van der Waals surface area contributed by atoms with E-state index in [4.69, 9.17) is 4.74 Å². The van der Waals surface area contributed by atoms with Gasteiger partial charge in [0, 0.05) is 19.1 Å². The highest BCUT2D eigenvalue weighted by molar-refractivity contribution is 7.89. The molecule has 1 saturated heterocycles. The zero-order chi connectivity index (χ0) is 17.0. The summed E-state index contributed by atoms with van der Waals surface area (Å²) in [5.41, 5.74) is 0.629. The van der Waals surface area contributed by atoms with Gasteiger partial charge >= 0.3 is 6.09 Å². The van der Waals surface area contributed by atoms with Gasteiger partial charge in [-0.15, -0.1) is 0 Å². The standard InChI is InChI=1S/C15H22N2O5S/c1-11-10-13(21-2)4-5-14(11)23(19,20)16-12-6-8-17(9-7-12)15(18)22-3/h4-5,10,12,16H,6-9H2,1-3H3. The molecule has 0 bridgehead atoms. The monoisotopic (exact) mass is 342 g/mol. The van der Waals surface area contributed by atoms with Crippen LogP contribution < -0.4 is 9.46 Å². The van der Waals surface area contributed by atoms with Gasteiger partial charge in [-0.3, -0.25) is 0 Å². The summed E-state index contributed by atoms with van der Waals surface area (Å²) in [5.74, 6) is 0.618. The third-order valence-corrected chi connectivity index (χ3v) is 5.60. The minimum Gasteiger partial charge on any atom is -0.497 e. The van der Waals surface area contributed by atoms with E-state index in [2.05, 4.69) is 9.46 Å². The van der Waals surface area contributed by atoms with Gasteiger partial charge in [-0.25, -0.2) is 17.9 Å². The Hall–Kier alpha value is -1.80. The number of nitrogens with one attached hydrogen (secondary N) is 1. The number of hydrogen-bond acceptors (Lipinski definition) is 5. The zero-order valence-electron chi connectivity index (χ0n) is 13.5. The van der Waals surface area contributed by atoms with Crippen molar-refractivity contribution in [1.29, 1.82) is 0 Å². The lowest BCUT2D eigenvalue weighted by Crippen LogP contribution is -2.46. The van der Waals surface area contributed by atoms with Crippen LogP contribution in [0.5, 0.6) is 5.75 Å². The molecular formula is C15H22N2O5S. The summed E-state index contributed by atoms with van der Waals surface area (Å²) >= 11 is 0. The number of carbonyl (C=O) groups excluding carboxylic acids is 1. The smallest absolute Gasteiger partial charge is 0.409 e. The van der Waals surface area contributed by atoms with Crippen LogP contribution in [0.4, 0.5) is 4.79 Å². The Kier molecular flexibility index (Phi) is 5.48. The number of methoxy groups -OCH3 is 2. The van der Waals surface area contributed by atoms with Crippen LogP contribution >= 0.6 is 0 Å². The van der Waals surface area contributed by atoms with Gasteiger partial charge in [-0.1, -0.05) is 0 Å². The van der Waals surface area contributed by atoms with E-state index in [1.807, 2.05) is 0 Å². The lowest BCUT2D eigenvalue weighted by Gasteiger charge is -2.31.